The van der Waals surface area contributed by atoms with Crippen LogP contribution in [-0.4, -0.2) is 36.5 Å². The summed E-state index contributed by atoms with van der Waals surface area (Å²) in [4.78, 5) is 0. The molecule has 0 amide bonds. The minimum atomic E-state index is 0.591. The molecule has 4 heteroatoms. The standard InChI is InChI=1S/C10H18N4/c1-11-4-2-3-9-5-13-14(8-9)10-6-12-7-10/h5,8,10-12H,2-4,6-7H2,1H3. The molecule has 1 aliphatic rings. The molecule has 0 aromatic carbocycles. The average molecular weight is 194 g/mol. The highest BCUT2D eigenvalue weighted by Gasteiger charge is 2.18. The van der Waals surface area contributed by atoms with Gasteiger partial charge in [-0.3, -0.25) is 4.68 Å². The van der Waals surface area contributed by atoms with E-state index in [0.29, 0.717) is 6.04 Å². The molecule has 0 saturated carbocycles. The zero-order chi connectivity index (χ0) is 9.80. The van der Waals surface area contributed by atoms with E-state index in [0.717, 1.165) is 26.1 Å². The van der Waals surface area contributed by atoms with Gasteiger partial charge in [-0.25, -0.2) is 0 Å². The van der Waals surface area contributed by atoms with Gasteiger partial charge in [-0.2, -0.15) is 5.10 Å². The van der Waals surface area contributed by atoms with Crippen LogP contribution in [0.5, 0.6) is 0 Å². The van der Waals surface area contributed by atoms with Gasteiger partial charge in [0.05, 0.1) is 12.2 Å². The fraction of sp³-hybridized carbons (Fsp3) is 0.700. The summed E-state index contributed by atoms with van der Waals surface area (Å²) in [7, 11) is 1.99. The number of nitrogens with one attached hydrogen (secondary N) is 2. The molecule has 0 spiro atoms. The summed E-state index contributed by atoms with van der Waals surface area (Å²) in [5.41, 5.74) is 1.35. The maximum absolute atomic E-state index is 4.37. The molecule has 0 atom stereocenters. The van der Waals surface area contributed by atoms with E-state index < -0.39 is 0 Å². The van der Waals surface area contributed by atoms with E-state index in [1.807, 2.05) is 13.2 Å². The molecule has 1 aromatic heterocycles. The number of hydrogen-bond donors (Lipinski definition) is 2. The van der Waals surface area contributed by atoms with Crippen molar-refractivity contribution in [1.29, 1.82) is 0 Å². The number of hydrogen-bond acceptors (Lipinski definition) is 3. The Kier molecular flexibility index (Phi) is 3.16. The van der Waals surface area contributed by atoms with Gasteiger partial charge >= 0.3 is 0 Å². The summed E-state index contributed by atoms with van der Waals surface area (Å²) >= 11 is 0. The molecule has 78 valence electrons. The van der Waals surface area contributed by atoms with Gasteiger partial charge in [-0.15, -0.1) is 0 Å². The second kappa shape index (κ2) is 4.57. The van der Waals surface area contributed by atoms with Crippen LogP contribution < -0.4 is 10.6 Å². The Morgan fingerprint density at radius 2 is 2.50 bits per heavy atom. The van der Waals surface area contributed by atoms with Gasteiger partial charge in [-0.1, -0.05) is 0 Å². The molecule has 1 aliphatic heterocycles. The van der Waals surface area contributed by atoms with Crippen molar-refractivity contribution in [3.8, 4) is 0 Å². The third-order valence-corrected chi connectivity index (χ3v) is 2.68. The van der Waals surface area contributed by atoms with Crippen LogP contribution in [0.25, 0.3) is 0 Å². The first-order valence-electron chi connectivity index (χ1n) is 5.28. The molecule has 1 aromatic rings. The molecule has 0 radical (unpaired) electrons. The molecule has 2 N–H and O–H groups in total. The second-order valence-corrected chi connectivity index (χ2v) is 3.85. The van der Waals surface area contributed by atoms with Crippen LogP contribution >= 0.6 is 0 Å². The number of rotatable bonds is 5. The van der Waals surface area contributed by atoms with Crippen LogP contribution in [0.3, 0.4) is 0 Å². The molecule has 14 heavy (non-hydrogen) atoms. The van der Waals surface area contributed by atoms with Gasteiger partial charge in [0.25, 0.3) is 0 Å². The van der Waals surface area contributed by atoms with Crippen LogP contribution in [0, 0.1) is 0 Å². The Morgan fingerprint density at radius 3 is 3.14 bits per heavy atom. The van der Waals surface area contributed by atoms with Crippen molar-refractivity contribution in [2.75, 3.05) is 26.7 Å². The smallest absolute Gasteiger partial charge is 0.0767 e. The van der Waals surface area contributed by atoms with E-state index in [-0.39, 0.29) is 0 Å². The van der Waals surface area contributed by atoms with Gasteiger partial charge in [0, 0.05) is 19.3 Å². The summed E-state index contributed by atoms with van der Waals surface area (Å²) < 4.78 is 2.09. The lowest BCUT2D eigenvalue weighted by atomic mass is 10.2. The predicted octanol–water partition coefficient (Wildman–Crippen LogP) is 0.179. The van der Waals surface area contributed by atoms with Crippen molar-refractivity contribution in [3.05, 3.63) is 18.0 Å². The highest BCUT2D eigenvalue weighted by Crippen LogP contribution is 2.11. The molecule has 2 rings (SSSR count). The highest BCUT2D eigenvalue weighted by atomic mass is 15.3. The maximum atomic E-state index is 4.37. The SMILES string of the molecule is CNCCCc1cnn(C2CNC2)c1. The van der Waals surface area contributed by atoms with Crippen molar-refractivity contribution >= 4 is 0 Å². The lowest BCUT2D eigenvalue weighted by Crippen LogP contribution is -2.43. The molecular weight excluding hydrogens is 176 g/mol. The lowest BCUT2D eigenvalue weighted by molar-refractivity contribution is 0.318. The van der Waals surface area contributed by atoms with Crippen molar-refractivity contribution in [3.63, 3.8) is 0 Å². The van der Waals surface area contributed by atoms with Crippen molar-refractivity contribution in [1.82, 2.24) is 20.4 Å². The predicted molar refractivity (Wildman–Crippen MR) is 56.4 cm³/mol. The highest BCUT2D eigenvalue weighted by molar-refractivity contribution is 5.05. The minimum Gasteiger partial charge on any atom is -0.320 e. The monoisotopic (exact) mass is 194 g/mol. The normalized spacial score (nSPS) is 16.9. The average Bonchev–Trinajstić information content (AvgIpc) is 2.51. The van der Waals surface area contributed by atoms with Crippen molar-refractivity contribution < 1.29 is 0 Å². The van der Waals surface area contributed by atoms with Crippen LogP contribution in [0.1, 0.15) is 18.0 Å². The van der Waals surface area contributed by atoms with Crippen LogP contribution in [0.2, 0.25) is 0 Å². The van der Waals surface area contributed by atoms with Gasteiger partial charge in [0.1, 0.15) is 0 Å². The number of nitrogens with zero attached hydrogens (tertiary/aromatic N) is 2. The molecule has 0 unspecified atom stereocenters. The Balaban J connectivity index is 1.83. The van der Waals surface area contributed by atoms with E-state index in [4.69, 9.17) is 0 Å². The first kappa shape index (κ1) is 9.68. The first-order chi connectivity index (χ1) is 6.90. The molecule has 4 nitrogen and oxygen atoms in total. The van der Waals surface area contributed by atoms with Crippen LogP contribution in [0.15, 0.2) is 12.4 Å². The summed E-state index contributed by atoms with van der Waals surface area (Å²) in [6, 6.07) is 0.591. The fourth-order valence-corrected chi connectivity index (χ4v) is 1.64. The Morgan fingerprint density at radius 1 is 1.64 bits per heavy atom. The minimum absolute atomic E-state index is 0.591. The maximum Gasteiger partial charge on any atom is 0.0767 e. The summed E-state index contributed by atoms with van der Waals surface area (Å²) in [5.74, 6) is 0. The quantitative estimate of drug-likeness (QED) is 0.657. The Hall–Kier alpha value is -0.870. The zero-order valence-corrected chi connectivity index (χ0v) is 8.66. The third-order valence-electron chi connectivity index (χ3n) is 2.68. The van der Waals surface area contributed by atoms with Crippen molar-refractivity contribution in [2.45, 2.75) is 18.9 Å². The number of aromatic nitrogens is 2. The third kappa shape index (κ3) is 2.13. The molecule has 1 saturated heterocycles. The van der Waals surface area contributed by atoms with Crippen LogP contribution in [0.4, 0.5) is 0 Å². The van der Waals surface area contributed by atoms with E-state index in [2.05, 4.69) is 26.6 Å². The Bertz CT molecular complexity index is 277. The van der Waals surface area contributed by atoms with Gasteiger partial charge in [0.2, 0.25) is 0 Å². The van der Waals surface area contributed by atoms with E-state index >= 15 is 0 Å². The summed E-state index contributed by atoms with van der Waals surface area (Å²) in [6.45, 7) is 3.21. The zero-order valence-electron chi connectivity index (χ0n) is 8.66. The van der Waals surface area contributed by atoms with Crippen LogP contribution in [-0.2, 0) is 6.42 Å². The van der Waals surface area contributed by atoms with E-state index in [1.54, 1.807) is 0 Å². The van der Waals surface area contributed by atoms with Gasteiger partial charge in [0.15, 0.2) is 0 Å². The summed E-state index contributed by atoms with van der Waals surface area (Å²) in [6.07, 6.45) is 6.49. The first-order valence-corrected chi connectivity index (χ1v) is 5.28. The second-order valence-electron chi connectivity index (χ2n) is 3.85. The topological polar surface area (TPSA) is 41.9 Å². The van der Waals surface area contributed by atoms with Crippen molar-refractivity contribution in [2.24, 2.45) is 0 Å². The molecule has 0 aliphatic carbocycles. The Labute approximate surface area is 84.7 Å². The van der Waals surface area contributed by atoms with Gasteiger partial charge in [-0.05, 0) is 32.0 Å². The molecular formula is C10H18N4. The number of aryl methyl sites for hydroxylation is 1. The molecule has 0 bridgehead atoms. The largest absolute Gasteiger partial charge is 0.320 e. The fourth-order valence-electron chi connectivity index (χ4n) is 1.64. The van der Waals surface area contributed by atoms with E-state index in [1.165, 1.54) is 12.0 Å². The summed E-state index contributed by atoms with van der Waals surface area (Å²) in [5, 5.41) is 10.8. The van der Waals surface area contributed by atoms with E-state index in [9.17, 15) is 0 Å². The van der Waals surface area contributed by atoms with Gasteiger partial charge < -0.3 is 10.6 Å². The molecule has 1 fully saturated rings. The molecule has 2 heterocycles. The lowest BCUT2D eigenvalue weighted by Gasteiger charge is -2.27.